The molecule has 0 aliphatic carbocycles. The minimum atomic E-state index is 0.602. The second-order valence-corrected chi connectivity index (χ2v) is 14.4. The van der Waals surface area contributed by atoms with Crippen LogP contribution in [0.3, 0.4) is 0 Å². The van der Waals surface area contributed by atoms with E-state index in [4.69, 9.17) is 13.8 Å². The molecule has 0 atom stereocenters. The Hall–Kier alpha value is -7.69. The van der Waals surface area contributed by atoms with Gasteiger partial charge in [0.25, 0.3) is 0 Å². The number of rotatable bonds is 7. The van der Waals surface area contributed by atoms with E-state index >= 15 is 0 Å². The summed E-state index contributed by atoms with van der Waals surface area (Å²) in [5.74, 6) is 0.602. The number of aromatic nitrogens is 1. The number of benzene rings is 9. The van der Waals surface area contributed by atoms with Crippen LogP contribution in [0.5, 0.6) is 0 Å². The summed E-state index contributed by atoms with van der Waals surface area (Å²) in [6.45, 7) is 0. The van der Waals surface area contributed by atoms with Crippen LogP contribution in [0, 0.1) is 0 Å². The van der Waals surface area contributed by atoms with Crippen LogP contribution >= 0.6 is 0 Å². The Kier molecular flexibility index (Phi) is 7.78. The molecule has 11 aromatic rings. The van der Waals surface area contributed by atoms with E-state index in [2.05, 4.69) is 175 Å². The molecule has 2 aromatic heterocycles. The summed E-state index contributed by atoms with van der Waals surface area (Å²) in [7, 11) is 0. The van der Waals surface area contributed by atoms with E-state index < -0.39 is 0 Å². The van der Waals surface area contributed by atoms with Crippen molar-refractivity contribution in [2.75, 3.05) is 4.90 Å². The molecule has 0 aliphatic rings. The van der Waals surface area contributed by atoms with Gasteiger partial charge in [0.2, 0.25) is 5.89 Å². The van der Waals surface area contributed by atoms with E-state index in [0.29, 0.717) is 5.89 Å². The van der Waals surface area contributed by atoms with Crippen molar-refractivity contribution in [2.24, 2.45) is 0 Å². The molecule has 57 heavy (non-hydrogen) atoms. The first kappa shape index (κ1) is 32.7. The molecule has 0 aliphatic heterocycles. The van der Waals surface area contributed by atoms with Gasteiger partial charge >= 0.3 is 0 Å². The maximum Gasteiger partial charge on any atom is 0.227 e. The third-order valence-electron chi connectivity index (χ3n) is 10.9. The van der Waals surface area contributed by atoms with Crippen LogP contribution in [0.4, 0.5) is 17.1 Å². The highest BCUT2D eigenvalue weighted by molar-refractivity contribution is 6.12. The Morgan fingerprint density at radius 1 is 0.351 bits per heavy atom. The van der Waals surface area contributed by atoms with Crippen LogP contribution in [-0.2, 0) is 0 Å². The molecule has 0 spiro atoms. The molecule has 0 saturated carbocycles. The van der Waals surface area contributed by atoms with E-state index in [1.54, 1.807) is 0 Å². The maximum atomic E-state index is 6.61. The monoisotopic (exact) mass is 730 g/mol. The van der Waals surface area contributed by atoms with Crippen LogP contribution in [-0.4, -0.2) is 4.98 Å². The van der Waals surface area contributed by atoms with Crippen molar-refractivity contribution in [2.45, 2.75) is 0 Å². The maximum absolute atomic E-state index is 6.61. The van der Waals surface area contributed by atoms with Gasteiger partial charge in [-0.05, 0) is 99.3 Å². The number of para-hydroxylation sites is 1. The molecule has 0 unspecified atom stereocenters. The number of hydrogen-bond donors (Lipinski definition) is 0. The first-order chi connectivity index (χ1) is 28.2. The van der Waals surface area contributed by atoms with Crippen LogP contribution in [0.25, 0.3) is 88.6 Å². The van der Waals surface area contributed by atoms with Gasteiger partial charge in [-0.25, -0.2) is 4.98 Å². The van der Waals surface area contributed by atoms with Crippen molar-refractivity contribution < 1.29 is 8.83 Å². The standard InChI is InChI=1S/C53H34N2O2/c1-3-11-35(12-4-1)37-23-27-43(28-24-37)55(45-18-9-17-41(32-45)42-22-21-36-13-7-8-16-40(36)31-42)44-29-25-38(26-30-44)46-19-10-20-47-48-33-51-49(34-50(48)56-52(46)47)54-53(57-51)39-14-5-2-6-15-39/h1-34H. The number of fused-ring (bicyclic) bond motifs is 5. The van der Waals surface area contributed by atoms with Crippen LogP contribution in [0.2, 0.25) is 0 Å². The summed E-state index contributed by atoms with van der Waals surface area (Å²) >= 11 is 0. The van der Waals surface area contributed by atoms with Crippen LogP contribution in [0.15, 0.2) is 215 Å². The Labute approximate surface area is 329 Å². The van der Waals surface area contributed by atoms with Crippen molar-refractivity contribution in [1.82, 2.24) is 4.98 Å². The molecule has 0 radical (unpaired) electrons. The normalized spacial score (nSPS) is 11.5. The molecular formula is C53H34N2O2. The van der Waals surface area contributed by atoms with Crippen molar-refractivity contribution >= 4 is 60.9 Å². The summed E-state index contributed by atoms with van der Waals surface area (Å²) < 4.78 is 12.8. The first-order valence-corrected chi connectivity index (χ1v) is 19.2. The van der Waals surface area contributed by atoms with E-state index in [0.717, 1.165) is 72.4 Å². The lowest BCUT2D eigenvalue weighted by molar-refractivity contribution is 0.620. The SMILES string of the molecule is c1ccc(-c2ccc(N(c3ccc(-c4cccc5c4oc4cc6nc(-c7ccccc7)oc6cc45)cc3)c3cccc(-c4ccc5ccccc5c4)c3)cc2)cc1. The summed E-state index contributed by atoms with van der Waals surface area (Å²) in [5.41, 5.74) is 14.1. The van der Waals surface area contributed by atoms with Gasteiger partial charge in [-0.3, -0.25) is 0 Å². The number of oxazole rings is 1. The number of anilines is 3. The number of furan rings is 1. The molecule has 4 nitrogen and oxygen atoms in total. The Bertz CT molecular complexity index is 3220. The summed E-state index contributed by atoms with van der Waals surface area (Å²) in [4.78, 5) is 7.11. The Morgan fingerprint density at radius 2 is 0.965 bits per heavy atom. The van der Waals surface area contributed by atoms with Gasteiger partial charge in [0, 0.05) is 45.0 Å². The second-order valence-electron chi connectivity index (χ2n) is 14.4. The fourth-order valence-corrected chi connectivity index (χ4v) is 8.01. The summed E-state index contributed by atoms with van der Waals surface area (Å²) in [6.07, 6.45) is 0. The fraction of sp³-hybridized carbons (Fsp3) is 0. The topological polar surface area (TPSA) is 42.4 Å². The van der Waals surface area contributed by atoms with E-state index in [9.17, 15) is 0 Å². The molecule has 0 fully saturated rings. The average Bonchev–Trinajstić information content (AvgIpc) is 3.87. The molecule has 268 valence electrons. The molecule has 0 bridgehead atoms. The molecular weight excluding hydrogens is 697 g/mol. The van der Waals surface area contributed by atoms with Crippen LogP contribution < -0.4 is 4.90 Å². The third-order valence-corrected chi connectivity index (χ3v) is 10.9. The molecule has 0 amide bonds. The van der Waals surface area contributed by atoms with Gasteiger partial charge < -0.3 is 13.7 Å². The van der Waals surface area contributed by atoms with E-state index in [1.807, 2.05) is 36.4 Å². The molecule has 2 heterocycles. The number of hydrogen-bond acceptors (Lipinski definition) is 4. The van der Waals surface area contributed by atoms with Crippen molar-refractivity contribution in [3.63, 3.8) is 0 Å². The highest BCUT2D eigenvalue weighted by Gasteiger charge is 2.18. The lowest BCUT2D eigenvalue weighted by Gasteiger charge is -2.26. The summed E-state index contributed by atoms with van der Waals surface area (Å²) in [5, 5.41) is 4.51. The largest absolute Gasteiger partial charge is 0.455 e. The van der Waals surface area contributed by atoms with Gasteiger partial charge in [0.05, 0.1) is 0 Å². The smallest absolute Gasteiger partial charge is 0.227 e. The Morgan fingerprint density at radius 3 is 1.74 bits per heavy atom. The lowest BCUT2D eigenvalue weighted by atomic mass is 9.99. The van der Waals surface area contributed by atoms with Gasteiger partial charge in [-0.15, -0.1) is 0 Å². The first-order valence-electron chi connectivity index (χ1n) is 19.2. The van der Waals surface area contributed by atoms with Gasteiger partial charge in [-0.2, -0.15) is 0 Å². The third kappa shape index (κ3) is 5.92. The minimum absolute atomic E-state index is 0.602. The van der Waals surface area contributed by atoms with Gasteiger partial charge in [-0.1, -0.05) is 140 Å². The zero-order chi connectivity index (χ0) is 37.7. The van der Waals surface area contributed by atoms with Gasteiger partial charge in [0.1, 0.15) is 16.7 Å². The predicted octanol–water partition coefficient (Wildman–Crippen LogP) is 15.0. The molecule has 9 aromatic carbocycles. The molecule has 0 saturated heterocycles. The van der Waals surface area contributed by atoms with E-state index in [1.165, 1.54) is 27.5 Å². The highest BCUT2D eigenvalue weighted by atomic mass is 16.4. The van der Waals surface area contributed by atoms with Crippen molar-refractivity contribution in [1.29, 1.82) is 0 Å². The van der Waals surface area contributed by atoms with Crippen molar-refractivity contribution in [3.05, 3.63) is 206 Å². The van der Waals surface area contributed by atoms with Crippen LogP contribution in [0.1, 0.15) is 0 Å². The quantitative estimate of drug-likeness (QED) is 0.164. The Balaban J connectivity index is 0.982. The summed E-state index contributed by atoms with van der Waals surface area (Å²) in [6, 6.07) is 72.5. The molecule has 11 rings (SSSR count). The van der Waals surface area contributed by atoms with Gasteiger partial charge in [0.15, 0.2) is 5.58 Å². The van der Waals surface area contributed by atoms with E-state index in [-0.39, 0.29) is 0 Å². The zero-order valence-corrected chi connectivity index (χ0v) is 30.8. The average molecular weight is 731 g/mol. The molecule has 4 heteroatoms. The fourth-order valence-electron chi connectivity index (χ4n) is 8.01. The predicted molar refractivity (Wildman–Crippen MR) is 235 cm³/mol. The van der Waals surface area contributed by atoms with Crippen molar-refractivity contribution in [3.8, 4) is 44.8 Å². The second kappa shape index (κ2) is 13.6. The molecule has 0 N–H and O–H groups in total. The zero-order valence-electron chi connectivity index (χ0n) is 30.8. The minimum Gasteiger partial charge on any atom is -0.455 e. The number of nitrogens with zero attached hydrogens (tertiary/aromatic N) is 2. The highest BCUT2D eigenvalue weighted by Crippen LogP contribution is 2.41. The lowest BCUT2D eigenvalue weighted by Crippen LogP contribution is -2.10.